The van der Waals surface area contributed by atoms with Gasteiger partial charge in [0.05, 0.1) is 22.9 Å². The Hall–Kier alpha value is -1.80. The molecule has 0 aliphatic rings. The molecule has 0 aromatic heterocycles. The van der Waals surface area contributed by atoms with Gasteiger partial charge in [-0.1, -0.05) is 0 Å². The van der Waals surface area contributed by atoms with Crippen molar-refractivity contribution in [2.75, 3.05) is 31.2 Å². The van der Waals surface area contributed by atoms with Gasteiger partial charge in [-0.05, 0) is 38.6 Å². The number of benzene rings is 1. The molecule has 118 valence electrons. The molecule has 0 saturated carbocycles. The number of anilines is 2. The molecule has 0 aliphatic heterocycles. The van der Waals surface area contributed by atoms with Crippen molar-refractivity contribution in [3.05, 3.63) is 18.2 Å². The SMILES string of the molecule is CCOC(=O)CCCNc1ccc(S(=O)(=O)NC)cc1N. The van der Waals surface area contributed by atoms with Crippen molar-refractivity contribution in [1.82, 2.24) is 4.72 Å². The Bertz CT molecular complexity index is 587. The predicted molar refractivity (Wildman–Crippen MR) is 81.5 cm³/mol. The molecule has 21 heavy (non-hydrogen) atoms. The standard InChI is InChI=1S/C13H21N3O4S/c1-3-20-13(17)5-4-8-16-12-7-6-10(9-11(12)14)21(18,19)15-2/h6-7,9,15-16H,3-5,8,14H2,1-2H3. The second kappa shape index (κ2) is 7.84. The van der Waals surface area contributed by atoms with Crippen LogP contribution in [0.2, 0.25) is 0 Å². The summed E-state index contributed by atoms with van der Waals surface area (Å²) in [7, 11) is -2.16. The molecule has 1 aromatic carbocycles. The number of sulfonamides is 1. The van der Waals surface area contributed by atoms with Gasteiger partial charge >= 0.3 is 5.97 Å². The second-order valence-corrected chi connectivity index (χ2v) is 6.18. The third-order valence-corrected chi connectivity index (χ3v) is 4.19. The number of nitrogen functional groups attached to an aromatic ring is 1. The average molecular weight is 315 g/mol. The number of carbonyl (C=O) groups is 1. The van der Waals surface area contributed by atoms with E-state index in [4.69, 9.17) is 10.5 Å². The lowest BCUT2D eigenvalue weighted by atomic mass is 10.2. The molecule has 0 amide bonds. The van der Waals surface area contributed by atoms with Crippen LogP contribution in [0.25, 0.3) is 0 Å². The third-order valence-electron chi connectivity index (χ3n) is 2.78. The summed E-state index contributed by atoms with van der Waals surface area (Å²) in [6.45, 7) is 2.68. The summed E-state index contributed by atoms with van der Waals surface area (Å²) in [5.41, 5.74) is 6.78. The summed E-state index contributed by atoms with van der Waals surface area (Å²) in [6, 6.07) is 4.46. The first kappa shape index (κ1) is 17.3. The lowest BCUT2D eigenvalue weighted by molar-refractivity contribution is -0.143. The molecule has 0 unspecified atom stereocenters. The van der Waals surface area contributed by atoms with Crippen LogP contribution in [0.3, 0.4) is 0 Å². The summed E-state index contributed by atoms with van der Waals surface area (Å²) in [6.07, 6.45) is 0.932. The lowest BCUT2D eigenvalue weighted by Crippen LogP contribution is -2.19. The fourth-order valence-electron chi connectivity index (χ4n) is 1.68. The number of carbonyl (C=O) groups excluding carboxylic acids is 1. The minimum Gasteiger partial charge on any atom is -0.466 e. The molecular weight excluding hydrogens is 294 g/mol. The third kappa shape index (κ3) is 5.24. The molecule has 0 bridgehead atoms. The topological polar surface area (TPSA) is 111 Å². The molecule has 0 fully saturated rings. The maximum atomic E-state index is 11.6. The summed E-state index contributed by atoms with van der Waals surface area (Å²) in [5.74, 6) is -0.234. The average Bonchev–Trinajstić information content (AvgIpc) is 2.45. The molecule has 0 aliphatic carbocycles. The molecule has 0 spiro atoms. The summed E-state index contributed by atoms with van der Waals surface area (Å²) >= 11 is 0. The highest BCUT2D eigenvalue weighted by Crippen LogP contribution is 2.22. The second-order valence-electron chi connectivity index (χ2n) is 4.29. The van der Waals surface area contributed by atoms with Crippen LogP contribution in [-0.4, -0.2) is 34.6 Å². The number of hydrogen-bond acceptors (Lipinski definition) is 6. The highest BCUT2D eigenvalue weighted by atomic mass is 32.2. The predicted octanol–water partition coefficient (Wildman–Crippen LogP) is 0.932. The van der Waals surface area contributed by atoms with Crippen LogP contribution in [0.15, 0.2) is 23.1 Å². The number of hydrogen-bond donors (Lipinski definition) is 3. The Morgan fingerprint density at radius 2 is 2.10 bits per heavy atom. The van der Waals surface area contributed by atoms with E-state index in [-0.39, 0.29) is 10.9 Å². The van der Waals surface area contributed by atoms with Gasteiger partial charge in [-0.25, -0.2) is 13.1 Å². The number of ether oxygens (including phenoxy) is 1. The maximum Gasteiger partial charge on any atom is 0.305 e. The first-order valence-corrected chi connectivity index (χ1v) is 8.11. The molecule has 0 saturated heterocycles. The van der Waals surface area contributed by atoms with Gasteiger partial charge in [-0.15, -0.1) is 0 Å². The van der Waals surface area contributed by atoms with E-state index >= 15 is 0 Å². The van der Waals surface area contributed by atoms with Crippen LogP contribution >= 0.6 is 0 Å². The number of esters is 1. The number of rotatable bonds is 8. The van der Waals surface area contributed by atoms with Gasteiger partial charge in [-0.3, -0.25) is 4.79 Å². The molecule has 0 atom stereocenters. The van der Waals surface area contributed by atoms with Crippen molar-refractivity contribution in [2.24, 2.45) is 0 Å². The zero-order chi connectivity index (χ0) is 15.9. The van der Waals surface area contributed by atoms with E-state index in [1.807, 2.05) is 0 Å². The van der Waals surface area contributed by atoms with Gasteiger partial charge in [0, 0.05) is 13.0 Å². The normalized spacial score (nSPS) is 11.1. The summed E-state index contributed by atoms with van der Waals surface area (Å²) in [5, 5.41) is 3.06. The van der Waals surface area contributed by atoms with E-state index in [0.29, 0.717) is 37.4 Å². The number of nitrogens with two attached hydrogens (primary N) is 1. The molecule has 7 nitrogen and oxygen atoms in total. The van der Waals surface area contributed by atoms with E-state index in [9.17, 15) is 13.2 Å². The minimum absolute atomic E-state index is 0.111. The van der Waals surface area contributed by atoms with Gasteiger partial charge < -0.3 is 15.8 Å². The zero-order valence-electron chi connectivity index (χ0n) is 12.2. The van der Waals surface area contributed by atoms with Gasteiger partial charge in [-0.2, -0.15) is 0 Å². The van der Waals surface area contributed by atoms with Crippen LogP contribution in [0.5, 0.6) is 0 Å². The molecule has 4 N–H and O–H groups in total. The quantitative estimate of drug-likeness (QED) is 0.374. The maximum absolute atomic E-state index is 11.6. The molecule has 0 radical (unpaired) electrons. The van der Waals surface area contributed by atoms with Gasteiger partial charge in [0.2, 0.25) is 10.0 Å². The van der Waals surface area contributed by atoms with Crippen molar-refractivity contribution < 1.29 is 17.9 Å². The Kier molecular flexibility index (Phi) is 6.44. The van der Waals surface area contributed by atoms with Crippen molar-refractivity contribution in [1.29, 1.82) is 0 Å². The fraction of sp³-hybridized carbons (Fsp3) is 0.462. The Labute approximate surface area is 124 Å². The van der Waals surface area contributed by atoms with Crippen LogP contribution in [-0.2, 0) is 19.6 Å². The van der Waals surface area contributed by atoms with Crippen LogP contribution in [0, 0.1) is 0 Å². The summed E-state index contributed by atoms with van der Waals surface area (Å²) < 4.78 is 30.3. The zero-order valence-corrected chi connectivity index (χ0v) is 13.0. The Balaban J connectivity index is 2.56. The van der Waals surface area contributed by atoms with Crippen LogP contribution < -0.4 is 15.8 Å². The smallest absolute Gasteiger partial charge is 0.305 e. The van der Waals surface area contributed by atoms with Crippen molar-refractivity contribution in [3.8, 4) is 0 Å². The van der Waals surface area contributed by atoms with Crippen molar-refractivity contribution in [2.45, 2.75) is 24.7 Å². The molecule has 1 rings (SSSR count). The largest absolute Gasteiger partial charge is 0.466 e. The van der Waals surface area contributed by atoms with E-state index in [1.54, 1.807) is 13.0 Å². The fourth-order valence-corrected chi connectivity index (χ4v) is 2.44. The van der Waals surface area contributed by atoms with Crippen molar-refractivity contribution in [3.63, 3.8) is 0 Å². The van der Waals surface area contributed by atoms with Crippen LogP contribution in [0.4, 0.5) is 11.4 Å². The molecular formula is C13H21N3O4S. The van der Waals surface area contributed by atoms with E-state index in [1.165, 1.54) is 19.2 Å². The summed E-state index contributed by atoms with van der Waals surface area (Å²) in [4.78, 5) is 11.3. The van der Waals surface area contributed by atoms with Gasteiger partial charge in [0.1, 0.15) is 0 Å². The monoisotopic (exact) mass is 315 g/mol. The highest BCUT2D eigenvalue weighted by Gasteiger charge is 2.12. The molecule has 1 aromatic rings. The molecule has 0 heterocycles. The number of nitrogens with one attached hydrogen (secondary N) is 2. The van der Waals surface area contributed by atoms with E-state index in [0.717, 1.165) is 0 Å². The first-order valence-electron chi connectivity index (χ1n) is 6.63. The van der Waals surface area contributed by atoms with Crippen molar-refractivity contribution >= 4 is 27.4 Å². The Morgan fingerprint density at radius 3 is 2.67 bits per heavy atom. The van der Waals surface area contributed by atoms with Gasteiger partial charge in [0.15, 0.2) is 0 Å². The first-order chi connectivity index (χ1) is 9.90. The van der Waals surface area contributed by atoms with E-state index in [2.05, 4.69) is 10.0 Å². The molecule has 8 heteroatoms. The lowest BCUT2D eigenvalue weighted by Gasteiger charge is -2.11. The minimum atomic E-state index is -3.50. The Morgan fingerprint density at radius 1 is 1.38 bits per heavy atom. The van der Waals surface area contributed by atoms with Gasteiger partial charge in [0.25, 0.3) is 0 Å². The van der Waals surface area contributed by atoms with Crippen LogP contribution in [0.1, 0.15) is 19.8 Å². The van der Waals surface area contributed by atoms with E-state index < -0.39 is 10.0 Å². The highest BCUT2D eigenvalue weighted by molar-refractivity contribution is 7.89.